The van der Waals surface area contributed by atoms with Crippen molar-refractivity contribution in [2.75, 3.05) is 12.0 Å². The molecule has 1 aliphatic rings. The fourth-order valence-corrected chi connectivity index (χ4v) is 3.38. The van der Waals surface area contributed by atoms with Crippen LogP contribution in [-0.4, -0.2) is 29.9 Å². The number of rotatable bonds is 5. The molecule has 0 atom stereocenters. The number of hydrogen-bond donors (Lipinski definition) is 1. The van der Waals surface area contributed by atoms with Gasteiger partial charge in [0.1, 0.15) is 22.8 Å². The van der Waals surface area contributed by atoms with Crippen molar-refractivity contribution in [3.63, 3.8) is 0 Å². The fraction of sp³-hybridized carbons (Fsp3) is 0.0870. The molecule has 1 N–H and O–H groups in total. The van der Waals surface area contributed by atoms with Crippen LogP contribution >= 0.6 is 0 Å². The number of anilines is 1. The Kier molecular flexibility index (Phi) is 5.49. The van der Waals surface area contributed by atoms with Crippen molar-refractivity contribution < 1.29 is 28.5 Å². The summed E-state index contributed by atoms with van der Waals surface area (Å²) in [6.07, 6.45) is 1.24. The van der Waals surface area contributed by atoms with E-state index in [9.17, 15) is 24.5 Å². The van der Waals surface area contributed by atoms with E-state index in [2.05, 4.69) is 5.32 Å². The van der Waals surface area contributed by atoms with Crippen molar-refractivity contribution in [1.82, 2.24) is 5.32 Å². The number of urea groups is 1. The minimum atomic E-state index is -0.867. The van der Waals surface area contributed by atoms with Crippen LogP contribution < -0.4 is 15.0 Å². The third-order valence-corrected chi connectivity index (χ3v) is 5.03. The summed E-state index contributed by atoms with van der Waals surface area (Å²) in [6, 6.07) is 12.9. The Morgan fingerprint density at radius 3 is 2.42 bits per heavy atom. The van der Waals surface area contributed by atoms with Crippen molar-refractivity contribution >= 4 is 35.3 Å². The molecular formula is C23H17N3O7. The van der Waals surface area contributed by atoms with Gasteiger partial charge in [-0.1, -0.05) is 0 Å². The van der Waals surface area contributed by atoms with Gasteiger partial charge in [-0.05, 0) is 61.0 Å². The lowest BCUT2D eigenvalue weighted by molar-refractivity contribution is -0.384. The first-order valence-corrected chi connectivity index (χ1v) is 9.69. The first kappa shape index (κ1) is 21.5. The third-order valence-electron chi connectivity index (χ3n) is 5.03. The molecule has 0 aliphatic carbocycles. The van der Waals surface area contributed by atoms with Crippen LogP contribution in [0.15, 0.2) is 64.6 Å². The largest absolute Gasteiger partial charge is 0.497 e. The van der Waals surface area contributed by atoms with Crippen LogP contribution in [0.5, 0.6) is 5.75 Å². The SMILES string of the molecule is COc1ccc(N2C(=O)NC(=O)/C(=C/c3ccc(-c4ccc([N+](=O)[O-])cc4C)o3)C2=O)cc1. The van der Waals surface area contributed by atoms with Gasteiger partial charge in [-0.2, -0.15) is 0 Å². The maximum Gasteiger partial charge on any atom is 0.335 e. The predicted octanol–water partition coefficient (Wildman–Crippen LogP) is 3.84. The van der Waals surface area contributed by atoms with Crippen LogP contribution in [0.2, 0.25) is 0 Å². The maximum atomic E-state index is 13.0. The zero-order valence-electron chi connectivity index (χ0n) is 17.5. The van der Waals surface area contributed by atoms with Crippen LogP contribution in [0.1, 0.15) is 11.3 Å². The Bertz CT molecular complexity index is 1320. The smallest absolute Gasteiger partial charge is 0.335 e. The zero-order chi connectivity index (χ0) is 23.7. The lowest BCUT2D eigenvalue weighted by atomic mass is 10.1. The zero-order valence-corrected chi connectivity index (χ0v) is 17.5. The highest BCUT2D eigenvalue weighted by Gasteiger charge is 2.37. The number of aryl methyl sites for hydroxylation is 1. The van der Waals surface area contributed by atoms with E-state index < -0.39 is 22.8 Å². The fourth-order valence-electron chi connectivity index (χ4n) is 3.38. The summed E-state index contributed by atoms with van der Waals surface area (Å²) in [5.41, 5.74) is 1.18. The predicted molar refractivity (Wildman–Crippen MR) is 118 cm³/mol. The van der Waals surface area contributed by atoms with E-state index in [1.165, 1.54) is 37.5 Å². The molecule has 0 unspecified atom stereocenters. The van der Waals surface area contributed by atoms with Gasteiger partial charge in [0.15, 0.2) is 0 Å². The Morgan fingerprint density at radius 2 is 1.79 bits per heavy atom. The normalized spacial score (nSPS) is 15.0. The van der Waals surface area contributed by atoms with Crippen molar-refractivity contribution in [3.05, 3.63) is 81.6 Å². The number of benzene rings is 2. The highest BCUT2D eigenvalue weighted by atomic mass is 16.6. The van der Waals surface area contributed by atoms with Gasteiger partial charge in [-0.3, -0.25) is 25.0 Å². The van der Waals surface area contributed by atoms with Crippen molar-refractivity contribution in [2.24, 2.45) is 0 Å². The lowest BCUT2D eigenvalue weighted by Gasteiger charge is -2.26. The van der Waals surface area contributed by atoms with Gasteiger partial charge >= 0.3 is 6.03 Å². The number of ether oxygens (including phenoxy) is 1. The van der Waals surface area contributed by atoms with E-state index in [1.54, 1.807) is 37.3 Å². The van der Waals surface area contributed by atoms with Crippen molar-refractivity contribution in [1.29, 1.82) is 0 Å². The highest BCUT2D eigenvalue weighted by molar-refractivity contribution is 6.39. The second-order valence-corrected chi connectivity index (χ2v) is 7.11. The number of imide groups is 2. The number of carbonyl (C=O) groups is 3. The van der Waals surface area contributed by atoms with E-state index in [-0.39, 0.29) is 22.7 Å². The van der Waals surface area contributed by atoms with Gasteiger partial charge in [0.05, 0.1) is 17.7 Å². The lowest BCUT2D eigenvalue weighted by Crippen LogP contribution is -2.54. The Labute approximate surface area is 187 Å². The molecule has 1 aliphatic heterocycles. The molecule has 2 aromatic carbocycles. The molecule has 1 aromatic heterocycles. The number of furan rings is 1. The van der Waals surface area contributed by atoms with E-state index in [0.717, 1.165) is 4.90 Å². The average molecular weight is 447 g/mol. The number of methoxy groups -OCH3 is 1. The molecule has 1 fully saturated rings. The van der Waals surface area contributed by atoms with E-state index >= 15 is 0 Å². The summed E-state index contributed by atoms with van der Waals surface area (Å²) in [6.45, 7) is 1.71. The number of barbiturate groups is 1. The van der Waals surface area contributed by atoms with Gasteiger partial charge in [0.25, 0.3) is 17.5 Å². The molecule has 33 heavy (non-hydrogen) atoms. The molecule has 10 nitrogen and oxygen atoms in total. The second kappa shape index (κ2) is 8.42. The summed E-state index contributed by atoms with van der Waals surface area (Å²) in [5.74, 6) is -0.510. The molecule has 0 radical (unpaired) electrons. The topological polar surface area (TPSA) is 132 Å². The first-order chi connectivity index (χ1) is 15.8. The van der Waals surface area contributed by atoms with Gasteiger partial charge in [-0.15, -0.1) is 0 Å². The molecule has 10 heteroatoms. The first-order valence-electron chi connectivity index (χ1n) is 9.69. The van der Waals surface area contributed by atoms with Gasteiger partial charge in [0, 0.05) is 17.7 Å². The molecule has 0 saturated carbocycles. The minimum Gasteiger partial charge on any atom is -0.497 e. The number of non-ortho nitro benzene ring substituents is 1. The highest BCUT2D eigenvalue weighted by Crippen LogP contribution is 2.30. The number of carbonyl (C=O) groups excluding carboxylic acids is 3. The summed E-state index contributed by atoms with van der Waals surface area (Å²) in [4.78, 5) is 48.9. The molecule has 0 spiro atoms. The van der Waals surface area contributed by atoms with Gasteiger partial charge in [-0.25, -0.2) is 9.69 Å². The minimum absolute atomic E-state index is 0.0436. The van der Waals surface area contributed by atoms with Crippen molar-refractivity contribution in [3.8, 4) is 17.1 Å². The van der Waals surface area contributed by atoms with Crippen LogP contribution in [-0.2, 0) is 9.59 Å². The van der Waals surface area contributed by atoms with E-state index in [0.29, 0.717) is 22.6 Å². The van der Waals surface area contributed by atoms with E-state index in [1.807, 2.05) is 0 Å². The van der Waals surface area contributed by atoms with Crippen LogP contribution in [0.25, 0.3) is 17.4 Å². The maximum absolute atomic E-state index is 13.0. The second-order valence-electron chi connectivity index (χ2n) is 7.11. The number of hydrogen-bond acceptors (Lipinski definition) is 7. The standard InChI is InChI=1S/C23H17N3O7/c1-13-11-15(26(30)31)5-9-18(13)20-10-8-17(33-20)12-19-21(27)24-23(29)25(22(19)28)14-3-6-16(32-2)7-4-14/h3-12H,1-2H3,(H,24,27,29)/b19-12-. The molecule has 3 aromatic rings. The summed E-state index contributed by atoms with van der Waals surface area (Å²) < 4.78 is 10.8. The van der Waals surface area contributed by atoms with Gasteiger partial charge in [0.2, 0.25) is 0 Å². The summed E-state index contributed by atoms with van der Waals surface area (Å²) in [5, 5.41) is 13.1. The number of nitro groups is 1. The van der Waals surface area contributed by atoms with Crippen LogP contribution in [0.4, 0.5) is 16.2 Å². The van der Waals surface area contributed by atoms with E-state index in [4.69, 9.17) is 9.15 Å². The molecule has 2 heterocycles. The quantitative estimate of drug-likeness (QED) is 0.272. The molecule has 4 rings (SSSR count). The number of nitro benzene ring substituents is 1. The summed E-state index contributed by atoms with van der Waals surface area (Å²) in [7, 11) is 1.49. The number of amides is 4. The Balaban J connectivity index is 1.65. The Hall–Kier alpha value is -4.73. The Morgan fingerprint density at radius 1 is 1.06 bits per heavy atom. The third kappa shape index (κ3) is 4.09. The molecular weight excluding hydrogens is 430 g/mol. The molecule has 166 valence electrons. The number of nitrogens with one attached hydrogen (secondary N) is 1. The average Bonchev–Trinajstić information content (AvgIpc) is 3.25. The molecule has 4 amide bonds. The molecule has 0 bridgehead atoms. The van der Waals surface area contributed by atoms with Crippen LogP contribution in [0, 0.1) is 17.0 Å². The van der Waals surface area contributed by atoms with Gasteiger partial charge < -0.3 is 9.15 Å². The monoisotopic (exact) mass is 447 g/mol. The van der Waals surface area contributed by atoms with Crippen LogP contribution in [0.3, 0.4) is 0 Å². The molecule has 1 saturated heterocycles. The summed E-state index contributed by atoms with van der Waals surface area (Å²) >= 11 is 0. The number of nitrogens with zero attached hydrogens (tertiary/aromatic N) is 2. The van der Waals surface area contributed by atoms with Crippen molar-refractivity contribution in [2.45, 2.75) is 6.92 Å².